The fourth-order valence-electron chi connectivity index (χ4n) is 2.33. The molecule has 1 unspecified atom stereocenters. The zero-order valence-corrected chi connectivity index (χ0v) is 10.2. The average Bonchev–Trinajstić information content (AvgIpc) is 2.29. The normalized spacial score (nSPS) is 21.3. The Balaban J connectivity index is 2.25. The lowest BCUT2D eigenvalue weighted by Gasteiger charge is -2.24. The number of aromatic hydroxyl groups is 1. The molecule has 1 saturated heterocycles. The fraction of sp³-hybridized carbons (Fsp3) is 0.571. The van der Waals surface area contributed by atoms with Crippen molar-refractivity contribution in [1.29, 1.82) is 0 Å². The van der Waals surface area contributed by atoms with Crippen LogP contribution in [0.3, 0.4) is 0 Å². The van der Waals surface area contributed by atoms with Crippen LogP contribution in [0.5, 0.6) is 5.75 Å². The lowest BCUT2D eigenvalue weighted by Crippen LogP contribution is -2.26. The van der Waals surface area contributed by atoms with Gasteiger partial charge in [-0.05, 0) is 48.6 Å². The standard InChI is InChI=1S/C14H21NO/c1-10(2)11-7-12(9-13(16)8-11)14-5-3-4-6-15-14/h7-10,14-16H,3-6H2,1-2H3. The molecule has 2 heteroatoms. The number of phenolic OH excluding ortho intramolecular Hbond substituents is 1. The number of rotatable bonds is 2. The van der Waals surface area contributed by atoms with E-state index in [-0.39, 0.29) is 0 Å². The van der Waals surface area contributed by atoms with Gasteiger partial charge in [-0.2, -0.15) is 0 Å². The molecule has 0 amide bonds. The van der Waals surface area contributed by atoms with Crippen molar-refractivity contribution in [2.75, 3.05) is 6.54 Å². The molecule has 2 nitrogen and oxygen atoms in total. The number of hydrogen-bond acceptors (Lipinski definition) is 2. The van der Waals surface area contributed by atoms with Crippen LogP contribution < -0.4 is 5.32 Å². The van der Waals surface area contributed by atoms with Gasteiger partial charge in [0.1, 0.15) is 5.75 Å². The first kappa shape index (κ1) is 11.5. The van der Waals surface area contributed by atoms with Crippen LogP contribution in [0.4, 0.5) is 0 Å². The highest BCUT2D eigenvalue weighted by atomic mass is 16.3. The second-order valence-corrected chi connectivity index (χ2v) is 5.02. The van der Waals surface area contributed by atoms with E-state index < -0.39 is 0 Å². The highest BCUT2D eigenvalue weighted by Gasteiger charge is 2.16. The Hall–Kier alpha value is -1.02. The molecular weight excluding hydrogens is 198 g/mol. The van der Waals surface area contributed by atoms with Crippen LogP contribution in [0, 0.1) is 0 Å². The summed E-state index contributed by atoms with van der Waals surface area (Å²) in [5, 5.41) is 13.3. The topological polar surface area (TPSA) is 32.3 Å². The van der Waals surface area contributed by atoms with Gasteiger partial charge < -0.3 is 10.4 Å². The third-order valence-electron chi connectivity index (χ3n) is 3.34. The Bertz CT molecular complexity index is 354. The summed E-state index contributed by atoms with van der Waals surface area (Å²) < 4.78 is 0. The SMILES string of the molecule is CC(C)c1cc(O)cc(C2CCCCN2)c1. The van der Waals surface area contributed by atoms with Crippen LogP contribution in [0.25, 0.3) is 0 Å². The molecule has 2 N–H and O–H groups in total. The second kappa shape index (κ2) is 4.88. The molecule has 88 valence electrons. The Morgan fingerprint density at radius 2 is 2.06 bits per heavy atom. The van der Waals surface area contributed by atoms with Gasteiger partial charge in [-0.15, -0.1) is 0 Å². The van der Waals surface area contributed by atoms with Gasteiger partial charge in [0.2, 0.25) is 0 Å². The van der Waals surface area contributed by atoms with E-state index in [9.17, 15) is 5.11 Å². The summed E-state index contributed by atoms with van der Waals surface area (Å²) in [5.41, 5.74) is 2.46. The molecule has 1 aromatic carbocycles. The summed E-state index contributed by atoms with van der Waals surface area (Å²) in [5.74, 6) is 0.864. The van der Waals surface area contributed by atoms with Crippen molar-refractivity contribution in [2.24, 2.45) is 0 Å². The molecule has 0 spiro atoms. The zero-order valence-electron chi connectivity index (χ0n) is 10.2. The minimum atomic E-state index is 0.397. The van der Waals surface area contributed by atoms with Crippen LogP contribution in [-0.2, 0) is 0 Å². The van der Waals surface area contributed by atoms with Crippen LogP contribution in [0.1, 0.15) is 56.2 Å². The van der Waals surface area contributed by atoms with Crippen LogP contribution >= 0.6 is 0 Å². The van der Waals surface area contributed by atoms with Gasteiger partial charge in [-0.1, -0.05) is 26.3 Å². The Morgan fingerprint density at radius 1 is 1.25 bits per heavy atom. The Labute approximate surface area is 97.7 Å². The van der Waals surface area contributed by atoms with Crippen molar-refractivity contribution in [3.8, 4) is 5.75 Å². The Kier molecular flexibility index (Phi) is 3.49. The molecule has 0 aliphatic carbocycles. The monoisotopic (exact) mass is 219 g/mol. The third-order valence-corrected chi connectivity index (χ3v) is 3.34. The molecule has 1 aliphatic rings. The highest BCUT2D eigenvalue weighted by molar-refractivity contribution is 5.36. The number of hydrogen-bond donors (Lipinski definition) is 2. The van der Waals surface area contributed by atoms with Crippen LogP contribution in [0.15, 0.2) is 18.2 Å². The second-order valence-electron chi connectivity index (χ2n) is 5.02. The van der Waals surface area contributed by atoms with Gasteiger partial charge >= 0.3 is 0 Å². The summed E-state index contributed by atoms with van der Waals surface area (Å²) in [4.78, 5) is 0. The molecule has 0 bridgehead atoms. The van der Waals surface area contributed by atoms with E-state index in [1.54, 1.807) is 0 Å². The maximum Gasteiger partial charge on any atom is 0.116 e. The summed E-state index contributed by atoms with van der Waals surface area (Å²) in [6, 6.07) is 6.43. The fourth-order valence-corrected chi connectivity index (χ4v) is 2.33. The van der Waals surface area contributed by atoms with Gasteiger partial charge in [0.25, 0.3) is 0 Å². The van der Waals surface area contributed by atoms with E-state index in [1.807, 2.05) is 12.1 Å². The minimum absolute atomic E-state index is 0.397. The minimum Gasteiger partial charge on any atom is -0.508 e. The number of piperidine rings is 1. The Morgan fingerprint density at radius 3 is 2.69 bits per heavy atom. The highest BCUT2D eigenvalue weighted by Crippen LogP contribution is 2.29. The molecule has 0 aromatic heterocycles. The van der Waals surface area contributed by atoms with E-state index >= 15 is 0 Å². The van der Waals surface area contributed by atoms with Gasteiger partial charge in [0.15, 0.2) is 0 Å². The third kappa shape index (κ3) is 2.56. The van der Waals surface area contributed by atoms with Crippen LogP contribution in [0.2, 0.25) is 0 Å². The molecule has 0 saturated carbocycles. The first-order valence-electron chi connectivity index (χ1n) is 6.24. The summed E-state index contributed by atoms with van der Waals surface area (Å²) >= 11 is 0. The van der Waals surface area contributed by atoms with Crippen molar-refractivity contribution >= 4 is 0 Å². The predicted molar refractivity (Wildman–Crippen MR) is 66.8 cm³/mol. The van der Waals surface area contributed by atoms with Crippen molar-refractivity contribution in [2.45, 2.75) is 45.1 Å². The van der Waals surface area contributed by atoms with Crippen molar-refractivity contribution in [1.82, 2.24) is 5.32 Å². The summed E-state index contributed by atoms with van der Waals surface area (Å²) in [7, 11) is 0. The summed E-state index contributed by atoms with van der Waals surface area (Å²) in [6.45, 7) is 5.41. The first-order chi connectivity index (χ1) is 7.66. The molecule has 1 aromatic rings. The molecular formula is C14H21NO. The molecule has 1 heterocycles. The number of nitrogens with one attached hydrogen (secondary N) is 1. The van der Waals surface area contributed by atoms with E-state index in [1.165, 1.54) is 30.4 Å². The zero-order chi connectivity index (χ0) is 11.5. The maximum absolute atomic E-state index is 9.75. The molecule has 0 radical (unpaired) electrons. The predicted octanol–water partition coefficient (Wildman–Crippen LogP) is 3.33. The molecule has 1 aliphatic heterocycles. The largest absolute Gasteiger partial charge is 0.508 e. The van der Waals surface area contributed by atoms with Gasteiger partial charge in [-0.25, -0.2) is 0 Å². The lowest BCUT2D eigenvalue weighted by atomic mass is 9.93. The maximum atomic E-state index is 9.75. The lowest BCUT2D eigenvalue weighted by molar-refractivity contribution is 0.409. The molecule has 1 fully saturated rings. The van der Waals surface area contributed by atoms with E-state index in [0.29, 0.717) is 17.7 Å². The van der Waals surface area contributed by atoms with Crippen molar-refractivity contribution < 1.29 is 5.11 Å². The van der Waals surface area contributed by atoms with E-state index in [0.717, 1.165) is 6.54 Å². The van der Waals surface area contributed by atoms with Gasteiger partial charge in [-0.3, -0.25) is 0 Å². The summed E-state index contributed by atoms with van der Waals surface area (Å²) in [6.07, 6.45) is 3.73. The first-order valence-corrected chi connectivity index (χ1v) is 6.24. The number of benzene rings is 1. The quantitative estimate of drug-likeness (QED) is 0.799. The number of phenols is 1. The van der Waals surface area contributed by atoms with Crippen molar-refractivity contribution in [3.05, 3.63) is 29.3 Å². The van der Waals surface area contributed by atoms with Crippen molar-refractivity contribution in [3.63, 3.8) is 0 Å². The average molecular weight is 219 g/mol. The molecule has 2 rings (SSSR count). The van der Waals surface area contributed by atoms with E-state index in [4.69, 9.17) is 0 Å². The van der Waals surface area contributed by atoms with Crippen LogP contribution in [-0.4, -0.2) is 11.7 Å². The molecule has 16 heavy (non-hydrogen) atoms. The molecule has 1 atom stereocenters. The van der Waals surface area contributed by atoms with Gasteiger partial charge in [0.05, 0.1) is 0 Å². The van der Waals surface area contributed by atoms with Gasteiger partial charge in [0, 0.05) is 6.04 Å². The van der Waals surface area contributed by atoms with E-state index in [2.05, 4.69) is 25.2 Å². The smallest absolute Gasteiger partial charge is 0.116 e.